The lowest BCUT2D eigenvalue weighted by Crippen LogP contribution is -2.98. The summed E-state index contributed by atoms with van der Waals surface area (Å²) in [7, 11) is 0. The van der Waals surface area contributed by atoms with Gasteiger partial charge in [-0.2, -0.15) is 0 Å². The molecule has 3 heterocycles. The summed E-state index contributed by atoms with van der Waals surface area (Å²) in [6.45, 7) is 6.33. The Morgan fingerprint density at radius 1 is 1.00 bits per heavy atom. The first-order chi connectivity index (χ1) is 14.5. The lowest BCUT2D eigenvalue weighted by molar-refractivity contribution is -0.730. The van der Waals surface area contributed by atoms with Gasteiger partial charge in [0.25, 0.3) is 5.91 Å². The number of nitrogens with zero attached hydrogens (tertiary/aromatic N) is 2. The fourth-order valence-electron chi connectivity index (χ4n) is 5.58. The fourth-order valence-corrected chi connectivity index (χ4v) is 5.58. The number of imide groups is 1. The van der Waals surface area contributed by atoms with Crippen molar-refractivity contribution in [2.24, 2.45) is 11.8 Å². The van der Waals surface area contributed by atoms with Crippen molar-refractivity contribution in [1.82, 2.24) is 4.90 Å². The number of quaternary nitrogens is 1. The molecule has 6 heteroatoms. The molecule has 0 saturated carbocycles. The number of nitrogens with two attached hydrogens (primary N) is 1. The van der Waals surface area contributed by atoms with Gasteiger partial charge in [0.05, 0.1) is 18.3 Å². The van der Waals surface area contributed by atoms with E-state index in [1.807, 2.05) is 66.8 Å². The first-order valence-electron chi connectivity index (χ1n) is 10.3. The third kappa shape index (κ3) is 2.31. The van der Waals surface area contributed by atoms with Gasteiger partial charge in [0, 0.05) is 12.1 Å². The van der Waals surface area contributed by atoms with Crippen molar-refractivity contribution in [3.63, 3.8) is 0 Å². The molecule has 2 aromatic carbocycles. The Hall–Kier alpha value is -3.25. The van der Waals surface area contributed by atoms with E-state index >= 15 is 0 Å². The zero-order valence-electron chi connectivity index (χ0n) is 16.8. The molecule has 2 fully saturated rings. The van der Waals surface area contributed by atoms with Gasteiger partial charge in [-0.1, -0.05) is 54.6 Å². The van der Waals surface area contributed by atoms with Crippen molar-refractivity contribution >= 4 is 23.4 Å². The minimum Gasteiger partial charge on any atom is -0.326 e. The number of hydrogen-bond donors (Lipinski definition) is 1. The minimum atomic E-state index is -1.10. The Morgan fingerprint density at radius 3 is 2.43 bits per heavy atom. The standard InChI is InChI=1S/C24H23N3O3/c1-3-13-26-18-12-8-7-11-17(18)24(23(26)30)20-19(15(2)25-24)21(28)27(22(20)29)14-16-9-5-4-6-10-16/h3-12,15,19-20,25H,1,13-14H2,2H3/p+1/t15-,19-,20-,24-/m0/s1. The summed E-state index contributed by atoms with van der Waals surface area (Å²) in [5, 5.41) is 1.95. The van der Waals surface area contributed by atoms with Crippen molar-refractivity contribution < 1.29 is 19.7 Å². The molecule has 1 spiro atoms. The predicted molar refractivity (Wildman–Crippen MR) is 111 cm³/mol. The number of para-hydroxylation sites is 1. The van der Waals surface area contributed by atoms with Crippen LogP contribution in [0.25, 0.3) is 0 Å². The van der Waals surface area contributed by atoms with Crippen molar-refractivity contribution in [2.75, 3.05) is 11.4 Å². The first kappa shape index (κ1) is 18.8. The smallest absolute Gasteiger partial charge is 0.294 e. The molecule has 2 saturated heterocycles. The van der Waals surface area contributed by atoms with E-state index in [9.17, 15) is 14.4 Å². The highest BCUT2D eigenvalue weighted by Gasteiger charge is 2.74. The highest BCUT2D eigenvalue weighted by atomic mass is 16.2. The largest absolute Gasteiger partial charge is 0.326 e. The maximum absolute atomic E-state index is 13.7. The zero-order chi connectivity index (χ0) is 21.0. The third-order valence-corrected chi connectivity index (χ3v) is 6.76. The second-order valence-corrected chi connectivity index (χ2v) is 8.37. The van der Waals surface area contributed by atoms with E-state index in [-0.39, 0.29) is 30.3 Å². The van der Waals surface area contributed by atoms with Crippen molar-refractivity contribution in [3.05, 3.63) is 78.4 Å². The van der Waals surface area contributed by atoms with E-state index in [1.54, 1.807) is 11.0 Å². The van der Waals surface area contributed by atoms with Gasteiger partial charge in [0.15, 0.2) is 0 Å². The Labute approximate surface area is 175 Å². The van der Waals surface area contributed by atoms with Gasteiger partial charge in [0.1, 0.15) is 11.8 Å². The van der Waals surface area contributed by atoms with E-state index in [4.69, 9.17) is 0 Å². The predicted octanol–water partition coefficient (Wildman–Crippen LogP) is 1.18. The van der Waals surface area contributed by atoms with Crippen LogP contribution in [0.2, 0.25) is 0 Å². The normalized spacial score (nSPS) is 29.6. The van der Waals surface area contributed by atoms with Gasteiger partial charge in [-0.25, -0.2) is 0 Å². The van der Waals surface area contributed by atoms with Crippen LogP contribution >= 0.6 is 0 Å². The topological polar surface area (TPSA) is 74.3 Å². The molecule has 0 bridgehead atoms. The maximum atomic E-state index is 13.7. The average molecular weight is 402 g/mol. The summed E-state index contributed by atoms with van der Waals surface area (Å²) < 4.78 is 0. The number of fused-ring (bicyclic) bond motifs is 4. The van der Waals surface area contributed by atoms with E-state index in [1.165, 1.54) is 4.90 Å². The minimum absolute atomic E-state index is 0.134. The summed E-state index contributed by atoms with van der Waals surface area (Å²) in [6.07, 6.45) is 1.69. The van der Waals surface area contributed by atoms with E-state index in [2.05, 4.69) is 6.58 Å². The average Bonchev–Trinajstić information content (AvgIpc) is 3.29. The van der Waals surface area contributed by atoms with E-state index < -0.39 is 17.4 Å². The molecular formula is C24H24N3O3+. The zero-order valence-corrected chi connectivity index (χ0v) is 16.8. The van der Waals surface area contributed by atoms with E-state index in [0.717, 1.165) is 16.8 Å². The highest BCUT2D eigenvalue weighted by molar-refractivity contribution is 6.14. The SMILES string of the molecule is C=CCN1C(=O)[C@]2([NH2+][C@@H](C)[C@@H]3C(=O)N(Cc4ccccc4)C(=O)[C@H]32)c2ccccc21. The number of hydrogen-bond acceptors (Lipinski definition) is 3. The molecular weight excluding hydrogens is 378 g/mol. The van der Waals surface area contributed by atoms with Crippen molar-refractivity contribution in [3.8, 4) is 0 Å². The molecule has 152 valence electrons. The van der Waals surface area contributed by atoms with Crippen LogP contribution in [0.1, 0.15) is 18.1 Å². The van der Waals surface area contributed by atoms with Gasteiger partial charge in [-0.05, 0) is 18.6 Å². The molecule has 6 nitrogen and oxygen atoms in total. The monoisotopic (exact) mass is 402 g/mol. The Balaban J connectivity index is 1.60. The quantitative estimate of drug-likeness (QED) is 0.617. The molecule has 3 aliphatic heterocycles. The number of likely N-dealkylation sites (tertiary alicyclic amines) is 1. The van der Waals surface area contributed by atoms with E-state index in [0.29, 0.717) is 6.54 Å². The number of amides is 3. The Morgan fingerprint density at radius 2 is 1.70 bits per heavy atom. The Kier molecular flexibility index (Phi) is 4.15. The first-order valence-corrected chi connectivity index (χ1v) is 10.3. The van der Waals surface area contributed by atoms with Gasteiger partial charge in [-0.15, -0.1) is 6.58 Å². The summed E-state index contributed by atoms with van der Waals surface area (Å²) in [6, 6.07) is 16.9. The molecule has 0 aliphatic carbocycles. The summed E-state index contributed by atoms with van der Waals surface area (Å²) in [5.41, 5.74) is 1.42. The van der Waals surface area contributed by atoms with Crippen molar-refractivity contribution in [2.45, 2.75) is 25.0 Å². The van der Waals surface area contributed by atoms with Crippen LogP contribution < -0.4 is 10.2 Å². The molecule has 4 atom stereocenters. The van der Waals surface area contributed by atoms with Gasteiger partial charge >= 0.3 is 0 Å². The summed E-state index contributed by atoms with van der Waals surface area (Å²) in [5.74, 6) is -1.78. The number of anilines is 1. The molecule has 2 aromatic rings. The molecule has 0 unspecified atom stereocenters. The summed E-state index contributed by atoms with van der Waals surface area (Å²) >= 11 is 0. The lowest BCUT2D eigenvalue weighted by Gasteiger charge is -2.27. The maximum Gasteiger partial charge on any atom is 0.294 e. The van der Waals surface area contributed by atoms with Crippen LogP contribution in [0.5, 0.6) is 0 Å². The Bertz CT molecular complexity index is 1070. The third-order valence-electron chi connectivity index (χ3n) is 6.76. The fraction of sp³-hybridized carbons (Fsp3) is 0.292. The van der Waals surface area contributed by atoms with Crippen LogP contribution in [-0.2, 0) is 26.5 Å². The van der Waals surface area contributed by atoms with Crippen molar-refractivity contribution in [1.29, 1.82) is 0 Å². The van der Waals surface area contributed by atoms with Gasteiger partial charge in [-0.3, -0.25) is 19.3 Å². The number of benzene rings is 2. The van der Waals surface area contributed by atoms with Crippen LogP contribution in [0.15, 0.2) is 67.3 Å². The molecule has 0 aromatic heterocycles. The molecule has 3 amide bonds. The molecule has 3 aliphatic rings. The lowest BCUT2D eigenvalue weighted by atomic mass is 9.76. The number of carbonyl (C=O) groups is 3. The van der Waals surface area contributed by atoms with Crippen LogP contribution in [0, 0.1) is 11.8 Å². The second-order valence-electron chi connectivity index (χ2n) is 8.37. The molecule has 30 heavy (non-hydrogen) atoms. The number of rotatable bonds is 4. The summed E-state index contributed by atoms with van der Waals surface area (Å²) in [4.78, 5) is 43.7. The molecule has 2 N–H and O–H groups in total. The number of carbonyl (C=O) groups excluding carboxylic acids is 3. The second kappa shape index (κ2) is 6.64. The highest BCUT2D eigenvalue weighted by Crippen LogP contribution is 2.50. The van der Waals surface area contributed by atoms with Crippen LogP contribution in [0.4, 0.5) is 5.69 Å². The van der Waals surface area contributed by atoms with Gasteiger partial charge < -0.3 is 10.2 Å². The molecule has 5 rings (SSSR count). The van der Waals surface area contributed by atoms with Crippen LogP contribution in [0.3, 0.4) is 0 Å². The van der Waals surface area contributed by atoms with Crippen LogP contribution in [-0.4, -0.2) is 35.2 Å². The van der Waals surface area contributed by atoms with Gasteiger partial charge in [0.2, 0.25) is 17.4 Å². The molecule has 0 radical (unpaired) electrons.